The van der Waals surface area contributed by atoms with Crippen LogP contribution in [0.4, 0.5) is 0 Å². The summed E-state index contributed by atoms with van der Waals surface area (Å²) < 4.78 is 10.6. The predicted octanol–water partition coefficient (Wildman–Crippen LogP) is 2.16. The first-order chi connectivity index (χ1) is 13.0. The zero-order valence-corrected chi connectivity index (χ0v) is 14.5. The maximum absolute atomic E-state index is 12.3. The number of hydrogen-bond acceptors (Lipinski definition) is 8. The molecular weight excluding hydrogens is 352 g/mol. The van der Waals surface area contributed by atoms with Gasteiger partial charge in [-0.2, -0.15) is 0 Å². The van der Waals surface area contributed by atoms with Crippen molar-refractivity contribution in [2.75, 3.05) is 0 Å². The lowest BCUT2D eigenvalue weighted by Crippen LogP contribution is -2.43. The number of carbonyl (C=O) groups excluding carboxylic acids is 1. The summed E-state index contributed by atoms with van der Waals surface area (Å²) in [7, 11) is 0. The fraction of sp³-hybridized carbons (Fsp3) is 0.333. The number of phenols is 1. The molecule has 1 aromatic carbocycles. The van der Waals surface area contributed by atoms with Crippen molar-refractivity contribution in [2.45, 2.75) is 37.8 Å². The van der Waals surface area contributed by atoms with E-state index in [-0.39, 0.29) is 35.2 Å². The molecule has 0 bridgehead atoms. The van der Waals surface area contributed by atoms with Gasteiger partial charge in [0.05, 0.1) is 0 Å². The van der Waals surface area contributed by atoms with Crippen molar-refractivity contribution in [1.82, 2.24) is 20.7 Å². The van der Waals surface area contributed by atoms with E-state index in [1.807, 2.05) is 0 Å². The molecular formula is C18H18N4O5. The molecule has 1 aliphatic rings. The highest BCUT2D eigenvalue weighted by molar-refractivity contribution is 5.93. The number of aliphatic hydroxyl groups is 1. The molecule has 9 heteroatoms. The van der Waals surface area contributed by atoms with Crippen molar-refractivity contribution in [1.29, 1.82) is 0 Å². The van der Waals surface area contributed by atoms with Crippen LogP contribution < -0.4 is 5.32 Å². The molecule has 3 N–H and O–H groups in total. The Bertz CT molecular complexity index is 941. The first kappa shape index (κ1) is 17.2. The molecule has 0 spiro atoms. The van der Waals surface area contributed by atoms with Crippen molar-refractivity contribution >= 4 is 5.91 Å². The minimum absolute atomic E-state index is 0.0155. The van der Waals surface area contributed by atoms with Gasteiger partial charge in [0.15, 0.2) is 11.5 Å². The van der Waals surface area contributed by atoms with Gasteiger partial charge in [-0.05, 0) is 44.0 Å². The van der Waals surface area contributed by atoms with E-state index in [4.69, 9.17) is 8.94 Å². The van der Waals surface area contributed by atoms with Gasteiger partial charge >= 0.3 is 0 Å². The van der Waals surface area contributed by atoms with E-state index in [1.54, 1.807) is 25.1 Å². The quantitative estimate of drug-likeness (QED) is 0.622. The Morgan fingerprint density at radius 3 is 2.67 bits per heavy atom. The molecule has 140 valence electrons. The van der Waals surface area contributed by atoms with Gasteiger partial charge in [-0.15, -0.1) is 10.2 Å². The van der Waals surface area contributed by atoms with Crippen LogP contribution in [0.2, 0.25) is 0 Å². The second kappa shape index (κ2) is 6.84. The van der Waals surface area contributed by atoms with Gasteiger partial charge in [0.25, 0.3) is 5.91 Å². The summed E-state index contributed by atoms with van der Waals surface area (Å²) in [6, 6.07) is 7.97. The molecule has 2 heterocycles. The summed E-state index contributed by atoms with van der Waals surface area (Å²) in [4.78, 5) is 12.3. The molecule has 0 aliphatic heterocycles. The predicted molar refractivity (Wildman–Crippen MR) is 91.8 cm³/mol. The number of hydrogen-bond donors (Lipinski definition) is 3. The van der Waals surface area contributed by atoms with Gasteiger partial charge < -0.3 is 24.5 Å². The molecule has 1 aliphatic carbocycles. The molecule has 0 radical (unpaired) electrons. The first-order valence-electron chi connectivity index (χ1n) is 8.58. The largest absolute Gasteiger partial charge is 0.508 e. The molecule has 4 rings (SSSR count). The Morgan fingerprint density at radius 1 is 1.26 bits per heavy atom. The number of nitrogens with zero attached hydrogens (tertiary/aromatic N) is 3. The number of aromatic hydroxyl groups is 1. The van der Waals surface area contributed by atoms with Crippen molar-refractivity contribution in [3.8, 4) is 17.1 Å². The maximum atomic E-state index is 12.3. The summed E-state index contributed by atoms with van der Waals surface area (Å²) >= 11 is 0. The molecule has 0 unspecified atom stereocenters. The zero-order valence-electron chi connectivity index (χ0n) is 14.5. The molecule has 1 saturated carbocycles. The van der Waals surface area contributed by atoms with Crippen molar-refractivity contribution < 1.29 is 23.9 Å². The summed E-state index contributed by atoms with van der Waals surface area (Å²) in [6.45, 7) is 1.56. The summed E-state index contributed by atoms with van der Waals surface area (Å²) in [6.07, 6.45) is 0.558. The molecule has 9 nitrogen and oxygen atoms in total. The number of aliphatic hydroxyl groups excluding tert-OH is 1. The lowest BCUT2D eigenvalue weighted by atomic mass is 9.80. The average molecular weight is 370 g/mol. The summed E-state index contributed by atoms with van der Waals surface area (Å²) in [5.74, 6) is 1.03. The molecule has 1 fully saturated rings. The van der Waals surface area contributed by atoms with Crippen LogP contribution in [0.15, 0.2) is 39.3 Å². The van der Waals surface area contributed by atoms with E-state index in [9.17, 15) is 15.0 Å². The van der Waals surface area contributed by atoms with Crippen LogP contribution in [0.25, 0.3) is 11.3 Å². The Hall–Kier alpha value is -3.20. The number of nitrogens with one attached hydrogen (secondary N) is 1. The molecule has 1 atom stereocenters. The number of amides is 1. The third-order valence-electron chi connectivity index (χ3n) is 4.53. The van der Waals surface area contributed by atoms with Crippen LogP contribution in [0.5, 0.6) is 5.75 Å². The maximum Gasteiger partial charge on any atom is 0.273 e. The number of aromatic nitrogens is 3. The van der Waals surface area contributed by atoms with Crippen molar-refractivity contribution in [3.05, 3.63) is 47.8 Å². The standard InChI is InChI=1S/C18H18N4O5/c1-9(23)17-20-21-18(26-17)11-6-12(7-11)19-16(25)14-8-15(27-22-14)10-2-4-13(24)5-3-10/h2-5,8-9,11-12,23-24H,6-7H2,1H3,(H,19,25)/t9-,11-,12+/m1/s1. The highest BCUT2D eigenvalue weighted by Gasteiger charge is 2.36. The molecule has 2 aromatic heterocycles. The SMILES string of the molecule is C[C@@H](O)c1nnc([C@H]2C[C@@H](NC(=O)c3cc(-c4ccc(O)cc4)on3)C2)o1. The molecule has 27 heavy (non-hydrogen) atoms. The van der Waals surface area contributed by atoms with Crippen LogP contribution in [0, 0.1) is 0 Å². The number of benzene rings is 1. The molecule has 3 aromatic rings. The Balaban J connectivity index is 1.33. The molecule has 1 amide bonds. The Morgan fingerprint density at radius 2 is 2.00 bits per heavy atom. The lowest BCUT2D eigenvalue weighted by Gasteiger charge is -2.33. The summed E-state index contributed by atoms with van der Waals surface area (Å²) in [5.41, 5.74) is 0.907. The Labute approximate surface area is 154 Å². The second-order valence-corrected chi connectivity index (χ2v) is 6.62. The number of phenolic OH excluding ortho intramolecular Hbond substituents is 1. The van der Waals surface area contributed by atoms with E-state index in [2.05, 4.69) is 20.7 Å². The van der Waals surface area contributed by atoms with Crippen LogP contribution in [-0.4, -0.2) is 37.5 Å². The zero-order chi connectivity index (χ0) is 19.0. The third-order valence-corrected chi connectivity index (χ3v) is 4.53. The lowest BCUT2D eigenvalue weighted by molar-refractivity contribution is 0.0892. The van der Waals surface area contributed by atoms with E-state index in [1.165, 1.54) is 12.1 Å². The number of rotatable bonds is 5. The van der Waals surface area contributed by atoms with Gasteiger partial charge in [0, 0.05) is 23.6 Å². The van der Waals surface area contributed by atoms with Crippen molar-refractivity contribution in [2.24, 2.45) is 0 Å². The molecule has 0 saturated heterocycles. The van der Waals surface area contributed by atoms with Crippen LogP contribution in [-0.2, 0) is 0 Å². The minimum atomic E-state index is -0.795. The monoisotopic (exact) mass is 370 g/mol. The summed E-state index contributed by atoms with van der Waals surface area (Å²) in [5, 5.41) is 33.2. The number of carbonyl (C=O) groups is 1. The first-order valence-corrected chi connectivity index (χ1v) is 8.58. The Kier molecular flexibility index (Phi) is 4.36. The minimum Gasteiger partial charge on any atom is -0.508 e. The van der Waals surface area contributed by atoms with E-state index in [0.29, 0.717) is 30.1 Å². The van der Waals surface area contributed by atoms with E-state index in [0.717, 1.165) is 0 Å². The fourth-order valence-corrected chi connectivity index (χ4v) is 2.92. The van der Waals surface area contributed by atoms with Crippen LogP contribution in [0.3, 0.4) is 0 Å². The van der Waals surface area contributed by atoms with Crippen LogP contribution in [0.1, 0.15) is 54.1 Å². The van der Waals surface area contributed by atoms with Crippen molar-refractivity contribution in [3.63, 3.8) is 0 Å². The smallest absolute Gasteiger partial charge is 0.273 e. The van der Waals surface area contributed by atoms with Gasteiger partial charge in [-0.1, -0.05) is 5.16 Å². The van der Waals surface area contributed by atoms with E-state index >= 15 is 0 Å². The fourth-order valence-electron chi connectivity index (χ4n) is 2.92. The highest BCUT2D eigenvalue weighted by atomic mass is 16.5. The topological polar surface area (TPSA) is 135 Å². The second-order valence-electron chi connectivity index (χ2n) is 6.62. The van der Waals surface area contributed by atoms with Gasteiger partial charge in [-0.3, -0.25) is 4.79 Å². The van der Waals surface area contributed by atoms with E-state index < -0.39 is 6.10 Å². The highest BCUT2D eigenvalue weighted by Crippen LogP contribution is 2.36. The normalized spacial score (nSPS) is 20.1. The average Bonchev–Trinajstić information content (AvgIpc) is 3.28. The van der Waals surface area contributed by atoms with Gasteiger partial charge in [0.2, 0.25) is 11.8 Å². The van der Waals surface area contributed by atoms with Crippen LogP contribution >= 0.6 is 0 Å². The van der Waals surface area contributed by atoms with Gasteiger partial charge in [0.1, 0.15) is 11.9 Å². The third kappa shape index (κ3) is 3.54. The van der Waals surface area contributed by atoms with Gasteiger partial charge in [-0.25, -0.2) is 0 Å².